The zero-order valence-electron chi connectivity index (χ0n) is 12.3. The average Bonchev–Trinajstić information content (AvgIpc) is 2.69. The summed E-state index contributed by atoms with van der Waals surface area (Å²) < 4.78 is 5.82. The molecule has 2 aliphatic rings. The Kier molecular flexibility index (Phi) is 4.58. The van der Waals surface area contributed by atoms with Gasteiger partial charge >= 0.3 is 0 Å². The lowest BCUT2D eigenvalue weighted by molar-refractivity contribution is 0.184. The number of para-hydroxylation sites is 1. The second-order valence-electron chi connectivity index (χ2n) is 6.25. The van der Waals surface area contributed by atoms with Gasteiger partial charge in [-0.1, -0.05) is 37.5 Å². The lowest BCUT2D eigenvalue weighted by atomic mass is 9.84. The Morgan fingerprint density at radius 1 is 1.20 bits per heavy atom. The summed E-state index contributed by atoms with van der Waals surface area (Å²) in [5.41, 5.74) is 7.76. The van der Waals surface area contributed by atoms with Gasteiger partial charge in [0.15, 0.2) is 0 Å². The van der Waals surface area contributed by atoms with Gasteiger partial charge in [0.25, 0.3) is 0 Å². The van der Waals surface area contributed by atoms with Crippen LogP contribution in [-0.4, -0.2) is 30.6 Å². The fourth-order valence-corrected chi connectivity index (χ4v) is 3.55. The molecule has 1 heterocycles. The highest BCUT2D eigenvalue weighted by atomic mass is 16.5. The number of fused-ring (bicyclic) bond motifs is 1. The van der Waals surface area contributed by atoms with Crippen LogP contribution in [0.2, 0.25) is 0 Å². The lowest BCUT2D eigenvalue weighted by Crippen LogP contribution is -2.43. The van der Waals surface area contributed by atoms with E-state index in [4.69, 9.17) is 10.5 Å². The Morgan fingerprint density at radius 3 is 2.85 bits per heavy atom. The summed E-state index contributed by atoms with van der Waals surface area (Å²) in [6, 6.07) is 8.69. The van der Waals surface area contributed by atoms with Crippen molar-refractivity contribution in [3.05, 3.63) is 29.8 Å². The summed E-state index contributed by atoms with van der Waals surface area (Å²) in [6.07, 6.45) is 6.77. The van der Waals surface area contributed by atoms with Gasteiger partial charge in [0, 0.05) is 31.2 Å². The third-order valence-corrected chi connectivity index (χ3v) is 4.76. The summed E-state index contributed by atoms with van der Waals surface area (Å²) in [4.78, 5) is 2.46. The van der Waals surface area contributed by atoms with Gasteiger partial charge in [-0.3, -0.25) is 4.90 Å². The Balaban J connectivity index is 1.60. The van der Waals surface area contributed by atoms with E-state index >= 15 is 0 Å². The van der Waals surface area contributed by atoms with Crippen LogP contribution in [0.5, 0.6) is 5.75 Å². The molecule has 0 saturated heterocycles. The van der Waals surface area contributed by atoms with E-state index in [0.29, 0.717) is 6.04 Å². The third kappa shape index (κ3) is 3.33. The van der Waals surface area contributed by atoms with E-state index in [1.54, 1.807) is 0 Å². The van der Waals surface area contributed by atoms with Crippen molar-refractivity contribution in [2.45, 2.75) is 44.7 Å². The average molecular weight is 274 g/mol. The highest BCUT2D eigenvalue weighted by molar-refractivity contribution is 5.33. The van der Waals surface area contributed by atoms with Crippen LogP contribution >= 0.6 is 0 Å². The fraction of sp³-hybridized carbons (Fsp3) is 0.647. The molecular formula is C17H26N2O. The van der Waals surface area contributed by atoms with Gasteiger partial charge in [-0.15, -0.1) is 0 Å². The van der Waals surface area contributed by atoms with Crippen molar-refractivity contribution >= 4 is 0 Å². The van der Waals surface area contributed by atoms with Crippen molar-refractivity contribution < 1.29 is 4.74 Å². The molecule has 0 spiro atoms. The maximum atomic E-state index is 6.47. The quantitative estimate of drug-likeness (QED) is 0.921. The Bertz CT molecular complexity index is 429. The van der Waals surface area contributed by atoms with Crippen LogP contribution < -0.4 is 10.5 Å². The number of rotatable bonds is 3. The molecule has 3 rings (SSSR count). The molecular weight excluding hydrogens is 248 g/mol. The molecule has 1 aromatic rings. The van der Waals surface area contributed by atoms with Crippen LogP contribution in [0.25, 0.3) is 0 Å². The van der Waals surface area contributed by atoms with Gasteiger partial charge < -0.3 is 10.5 Å². The van der Waals surface area contributed by atoms with Crippen molar-refractivity contribution in [1.82, 2.24) is 4.90 Å². The number of hydrogen-bond donors (Lipinski definition) is 1. The van der Waals surface area contributed by atoms with Crippen LogP contribution in [0, 0.1) is 5.92 Å². The first-order valence-electron chi connectivity index (χ1n) is 8.01. The first-order valence-corrected chi connectivity index (χ1v) is 8.01. The molecule has 1 aromatic carbocycles. The summed E-state index contributed by atoms with van der Waals surface area (Å²) in [7, 11) is 0. The fourth-order valence-electron chi connectivity index (χ4n) is 3.55. The number of nitrogens with two attached hydrogens (primary N) is 1. The maximum Gasteiger partial charge on any atom is 0.123 e. The molecule has 0 aromatic heterocycles. The van der Waals surface area contributed by atoms with Crippen molar-refractivity contribution in [2.75, 3.05) is 19.7 Å². The van der Waals surface area contributed by atoms with Crippen molar-refractivity contribution in [3.8, 4) is 5.75 Å². The molecule has 1 aliphatic carbocycles. The van der Waals surface area contributed by atoms with E-state index in [2.05, 4.69) is 23.1 Å². The van der Waals surface area contributed by atoms with Crippen LogP contribution in [0.4, 0.5) is 0 Å². The van der Waals surface area contributed by atoms with Crippen molar-refractivity contribution in [1.29, 1.82) is 0 Å². The highest BCUT2D eigenvalue weighted by Gasteiger charge is 2.24. The molecule has 1 fully saturated rings. The van der Waals surface area contributed by atoms with Gasteiger partial charge in [0.1, 0.15) is 12.4 Å². The number of benzene rings is 1. The van der Waals surface area contributed by atoms with Gasteiger partial charge in [-0.05, 0) is 24.8 Å². The zero-order valence-corrected chi connectivity index (χ0v) is 12.3. The Labute approximate surface area is 122 Å². The van der Waals surface area contributed by atoms with Gasteiger partial charge in [0.2, 0.25) is 0 Å². The van der Waals surface area contributed by atoms with Crippen LogP contribution in [0.15, 0.2) is 24.3 Å². The third-order valence-electron chi connectivity index (χ3n) is 4.76. The molecule has 0 bridgehead atoms. The van der Waals surface area contributed by atoms with E-state index in [1.165, 1.54) is 37.7 Å². The topological polar surface area (TPSA) is 38.5 Å². The first-order chi connectivity index (χ1) is 9.83. The SMILES string of the molecule is NC(CN1CCOc2ccccc2C1)C1CCCCC1. The van der Waals surface area contributed by atoms with Gasteiger partial charge in [0.05, 0.1) is 0 Å². The van der Waals surface area contributed by atoms with E-state index in [0.717, 1.165) is 37.9 Å². The Hall–Kier alpha value is -1.06. The molecule has 1 atom stereocenters. The van der Waals surface area contributed by atoms with E-state index in [-0.39, 0.29) is 0 Å². The molecule has 1 aliphatic heterocycles. The maximum absolute atomic E-state index is 6.47. The van der Waals surface area contributed by atoms with Gasteiger partial charge in [-0.2, -0.15) is 0 Å². The number of hydrogen-bond acceptors (Lipinski definition) is 3. The second kappa shape index (κ2) is 6.59. The largest absolute Gasteiger partial charge is 0.492 e. The molecule has 3 heteroatoms. The van der Waals surface area contributed by atoms with Crippen molar-refractivity contribution in [3.63, 3.8) is 0 Å². The molecule has 3 nitrogen and oxygen atoms in total. The molecule has 2 N–H and O–H groups in total. The molecule has 0 amide bonds. The zero-order chi connectivity index (χ0) is 13.8. The second-order valence-corrected chi connectivity index (χ2v) is 6.25. The minimum atomic E-state index is 0.320. The monoisotopic (exact) mass is 274 g/mol. The summed E-state index contributed by atoms with van der Waals surface area (Å²) in [6.45, 7) is 3.72. The van der Waals surface area contributed by atoms with Gasteiger partial charge in [-0.25, -0.2) is 0 Å². The number of ether oxygens (including phenoxy) is 1. The van der Waals surface area contributed by atoms with E-state index in [1.807, 2.05) is 6.07 Å². The van der Waals surface area contributed by atoms with E-state index < -0.39 is 0 Å². The van der Waals surface area contributed by atoms with Crippen molar-refractivity contribution in [2.24, 2.45) is 11.7 Å². The normalized spacial score (nSPS) is 22.6. The van der Waals surface area contributed by atoms with Crippen LogP contribution in [0.1, 0.15) is 37.7 Å². The highest BCUT2D eigenvalue weighted by Crippen LogP contribution is 2.27. The summed E-state index contributed by atoms with van der Waals surface area (Å²) in [5.74, 6) is 1.77. The summed E-state index contributed by atoms with van der Waals surface area (Å²) >= 11 is 0. The first kappa shape index (κ1) is 13.9. The number of nitrogens with zero attached hydrogens (tertiary/aromatic N) is 1. The predicted molar refractivity (Wildman–Crippen MR) is 81.8 cm³/mol. The standard InChI is InChI=1S/C17H26N2O/c18-16(14-6-2-1-3-7-14)13-19-10-11-20-17-9-5-4-8-15(17)12-19/h4-5,8-9,14,16H,1-3,6-7,10-13,18H2. The van der Waals surface area contributed by atoms with E-state index in [9.17, 15) is 0 Å². The Morgan fingerprint density at radius 2 is 2.00 bits per heavy atom. The minimum Gasteiger partial charge on any atom is -0.492 e. The smallest absolute Gasteiger partial charge is 0.123 e. The molecule has 110 valence electrons. The summed E-state index contributed by atoms with van der Waals surface area (Å²) in [5, 5.41) is 0. The molecule has 1 saturated carbocycles. The lowest BCUT2D eigenvalue weighted by Gasteiger charge is -2.31. The predicted octanol–water partition coefficient (Wildman–Crippen LogP) is 2.79. The van der Waals surface area contributed by atoms with Crippen LogP contribution in [-0.2, 0) is 6.54 Å². The van der Waals surface area contributed by atoms with Crippen LogP contribution in [0.3, 0.4) is 0 Å². The molecule has 1 unspecified atom stereocenters. The molecule has 0 radical (unpaired) electrons. The molecule has 20 heavy (non-hydrogen) atoms. The minimum absolute atomic E-state index is 0.320.